The van der Waals surface area contributed by atoms with Crippen molar-refractivity contribution in [2.24, 2.45) is 12.5 Å². The highest BCUT2D eigenvalue weighted by Gasteiger charge is 2.48. The lowest BCUT2D eigenvalue weighted by Gasteiger charge is -2.39. The fraction of sp³-hybridized carbons (Fsp3) is 0.650. The van der Waals surface area contributed by atoms with Crippen LogP contribution in [-0.4, -0.2) is 55.7 Å². The molecule has 1 saturated heterocycles. The second-order valence-electron chi connectivity index (χ2n) is 9.33. The summed E-state index contributed by atoms with van der Waals surface area (Å²) in [4.78, 5) is 14.4. The van der Waals surface area contributed by atoms with Gasteiger partial charge in [-0.15, -0.1) is 0 Å². The summed E-state index contributed by atoms with van der Waals surface area (Å²) < 4.78 is 44.0. The molecule has 30 heavy (non-hydrogen) atoms. The average molecular weight is 424 g/mol. The minimum Gasteiger partial charge on any atom is -0.367 e. The first-order valence-corrected chi connectivity index (χ1v) is 10.1. The molecule has 1 N–H and O–H groups in total. The molecule has 2 aromatic rings. The second kappa shape index (κ2) is 7.02. The van der Waals surface area contributed by atoms with E-state index in [1.54, 1.807) is 30.3 Å². The summed E-state index contributed by atoms with van der Waals surface area (Å²) in [5.74, 6) is 0.180. The first kappa shape index (κ1) is 20.7. The van der Waals surface area contributed by atoms with Gasteiger partial charge < -0.3 is 10.2 Å². The zero-order valence-electron chi connectivity index (χ0n) is 17.6. The monoisotopic (exact) mass is 424 g/mol. The van der Waals surface area contributed by atoms with E-state index in [1.807, 2.05) is 20.8 Å². The summed E-state index contributed by atoms with van der Waals surface area (Å²) in [6.45, 7) is 6.77. The van der Waals surface area contributed by atoms with Crippen LogP contribution in [0.4, 0.5) is 19.0 Å². The maximum Gasteiger partial charge on any atom is 0.410 e. The highest BCUT2D eigenvalue weighted by molar-refractivity contribution is 5.92. The third-order valence-corrected chi connectivity index (χ3v) is 6.19. The molecular weight excluding hydrogens is 397 g/mol. The van der Waals surface area contributed by atoms with Gasteiger partial charge in [0.2, 0.25) is 0 Å². The van der Waals surface area contributed by atoms with E-state index in [1.165, 1.54) is 4.68 Å². The minimum absolute atomic E-state index is 0.0586. The van der Waals surface area contributed by atoms with E-state index in [9.17, 15) is 18.0 Å². The molecule has 0 unspecified atom stereocenters. The normalized spacial score (nSPS) is 24.6. The quantitative estimate of drug-likeness (QED) is 0.800. The Kier molecular flexibility index (Phi) is 4.85. The number of carbonyl (C=O) groups is 1. The lowest BCUT2D eigenvalue weighted by Crippen LogP contribution is -2.44. The average Bonchev–Trinajstić information content (AvgIpc) is 3.37. The van der Waals surface area contributed by atoms with Crippen molar-refractivity contribution >= 4 is 11.7 Å². The smallest absolute Gasteiger partial charge is 0.367 e. The fourth-order valence-electron chi connectivity index (χ4n) is 4.29. The fourth-order valence-corrected chi connectivity index (χ4v) is 4.29. The molecule has 2 aromatic heterocycles. The van der Waals surface area contributed by atoms with Crippen LogP contribution in [0, 0.1) is 5.41 Å². The van der Waals surface area contributed by atoms with Gasteiger partial charge in [-0.05, 0) is 24.3 Å². The van der Waals surface area contributed by atoms with Gasteiger partial charge in [-0.3, -0.25) is 9.48 Å². The number of rotatable bonds is 2. The number of halogens is 3. The van der Waals surface area contributed by atoms with Crippen molar-refractivity contribution in [1.82, 2.24) is 24.5 Å². The van der Waals surface area contributed by atoms with Crippen LogP contribution in [0.1, 0.15) is 61.8 Å². The van der Waals surface area contributed by atoms with Crippen molar-refractivity contribution in [1.29, 1.82) is 0 Å². The maximum absolute atomic E-state index is 13.8. The first-order valence-electron chi connectivity index (χ1n) is 10.1. The Morgan fingerprint density at radius 2 is 2.00 bits per heavy atom. The molecule has 1 fully saturated rings. The second-order valence-corrected chi connectivity index (χ2v) is 9.33. The van der Waals surface area contributed by atoms with Crippen LogP contribution in [0.2, 0.25) is 0 Å². The van der Waals surface area contributed by atoms with Crippen molar-refractivity contribution in [2.75, 3.05) is 18.4 Å². The molecule has 0 bridgehead atoms. The van der Waals surface area contributed by atoms with Crippen LogP contribution < -0.4 is 5.32 Å². The van der Waals surface area contributed by atoms with E-state index < -0.39 is 12.2 Å². The zero-order chi connectivity index (χ0) is 21.8. The molecular formula is C20H27F3N6O. The zero-order valence-corrected chi connectivity index (χ0v) is 17.6. The largest absolute Gasteiger partial charge is 0.410 e. The van der Waals surface area contributed by atoms with Crippen molar-refractivity contribution in [3.63, 3.8) is 0 Å². The molecule has 1 amide bonds. The van der Waals surface area contributed by atoms with Crippen LogP contribution in [0.25, 0.3) is 0 Å². The van der Waals surface area contributed by atoms with Gasteiger partial charge in [-0.2, -0.15) is 23.4 Å². The van der Waals surface area contributed by atoms with Crippen molar-refractivity contribution in [3.8, 4) is 0 Å². The van der Waals surface area contributed by atoms with Crippen LogP contribution >= 0.6 is 0 Å². The van der Waals surface area contributed by atoms with Gasteiger partial charge >= 0.3 is 6.18 Å². The predicted molar refractivity (Wildman–Crippen MR) is 105 cm³/mol. The third kappa shape index (κ3) is 3.67. The summed E-state index contributed by atoms with van der Waals surface area (Å²) in [7, 11) is 1.71. The molecule has 0 spiro atoms. The number of hydrogen-bond donors (Lipinski definition) is 1. The van der Waals surface area contributed by atoms with Crippen LogP contribution in [0.5, 0.6) is 0 Å². The highest BCUT2D eigenvalue weighted by atomic mass is 19.4. The van der Waals surface area contributed by atoms with Crippen molar-refractivity contribution < 1.29 is 18.0 Å². The summed E-state index contributed by atoms with van der Waals surface area (Å²) in [5.41, 5.74) is 0.770. The molecule has 0 aromatic carbocycles. The van der Waals surface area contributed by atoms with E-state index in [0.29, 0.717) is 36.7 Å². The number of fused-ring (bicyclic) bond motifs is 1. The summed E-state index contributed by atoms with van der Waals surface area (Å²) >= 11 is 0. The van der Waals surface area contributed by atoms with E-state index >= 15 is 0 Å². The Labute approximate surface area is 173 Å². The topological polar surface area (TPSA) is 68.0 Å². The number of anilines is 1. The Hall–Kier alpha value is -2.52. The van der Waals surface area contributed by atoms with Crippen LogP contribution in [-0.2, 0) is 7.05 Å². The molecule has 10 heteroatoms. The van der Waals surface area contributed by atoms with Gasteiger partial charge in [0.25, 0.3) is 5.91 Å². The van der Waals surface area contributed by atoms with Gasteiger partial charge in [-0.1, -0.05) is 20.8 Å². The predicted octanol–water partition coefficient (Wildman–Crippen LogP) is 3.58. The molecule has 0 aliphatic carbocycles. The number of aryl methyl sites for hydroxylation is 1. The lowest BCUT2D eigenvalue weighted by molar-refractivity contribution is -0.175. The first-order chi connectivity index (χ1) is 13.9. The number of alkyl halides is 3. The standard InChI is InChI=1S/C20H27F3N6O/c1-19(2,3)15-10-16(20(21,22)23)29-17(25-15)9-13(26-29)12-6-8-28(11-12)18(30)14-5-7-24-27(14)4/h5,7,9,12,15-16,25H,6,8,10-11H2,1-4H3/t12-,15-,16+/m0/s1. The summed E-state index contributed by atoms with van der Waals surface area (Å²) in [5, 5.41) is 11.6. The van der Waals surface area contributed by atoms with Gasteiger partial charge in [0.05, 0.1) is 5.69 Å². The summed E-state index contributed by atoms with van der Waals surface area (Å²) in [6.07, 6.45) is -2.20. The lowest BCUT2D eigenvalue weighted by atomic mass is 9.82. The van der Waals surface area contributed by atoms with Gasteiger partial charge in [0.1, 0.15) is 11.5 Å². The highest BCUT2D eigenvalue weighted by Crippen LogP contribution is 2.44. The number of carbonyl (C=O) groups excluding carboxylic acids is 1. The van der Waals surface area contributed by atoms with E-state index in [4.69, 9.17) is 0 Å². The molecule has 2 aliphatic heterocycles. The molecule has 0 saturated carbocycles. The molecule has 4 heterocycles. The molecule has 7 nitrogen and oxygen atoms in total. The molecule has 3 atom stereocenters. The third-order valence-electron chi connectivity index (χ3n) is 6.19. The van der Waals surface area contributed by atoms with Crippen LogP contribution in [0.3, 0.4) is 0 Å². The molecule has 0 radical (unpaired) electrons. The number of likely N-dealkylation sites (tertiary alicyclic amines) is 1. The molecule has 164 valence electrons. The number of nitrogens with one attached hydrogen (secondary N) is 1. The van der Waals surface area contributed by atoms with E-state index in [0.717, 1.165) is 4.68 Å². The Balaban J connectivity index is 1.57. The Morgan fingerprint density at radius 1 is 1.27 bits per heavy atom. The van der Waals surface area contributed by atoms with E-state index in [-0.39, 0.29) is 29.7 Å². The van der Waals surface area contributed by atoms with Crippen molar-refractivity contribution in [2.45, 2.75) is 57.8 Å². The van der Waals surface area contributed by atoms with Gasteiger partial charge in [0, 0.05) is 44.4 Å². The minimum atomic E-state index is -4.37. The molecule has 4 rings (SSSR count). The molecule has 2 aliphatic rings. The number of aromatic nitrogens is 4. The summed E-state index contributed by atoms with van der Waals surface area (Å²) in [6, 6.07) is 1.42. The number of amides is 1. The SMILES string of the molecule is Cn1nccc1C(=O)N1CC[C@H](c2cc3n(n2)[C@@H](C(F)(F)F)C[C@@H](C(C)(C)C)N3)C1. The maximum atomic E-state index is 13.8. The van der Waals surface area contributed by atoms with E-state index in [2.05, 4.69) is 15.5 Å². The Morgan fingerprint density at radius 3 is 2.60 bits per heavy atom. The van der Waals surface area contributed by atoms with Crippen molar-refractivity contribution in [3.05, 3.63) is 29.7 Å². The van der Waals surface area contributed by atoms with Gasteiger partial charge in [0.15, 0.2) is 6.04 Å². The number of hydrogen-bond acceptors (Lipinski definition) is 4. The van der Waals surface area contributed by atoms with Crippen LogP contribution in [0.15, 0.2) is 18.3 Å². The van der Waals surface area contributed by atoms with Gasteiger partial charge in [-0.25, -0.2) is 4.68 Å². The number of nitrogens with zero attached hydrogens (tertiary/aromatic N) is 5. The Bertz CT molecular complexity index is 941.